The monoisotopic (exact) mass is 287 g/mol. The molecule has 1 saturated carbocycles. The van der Waals surface area contributed by atoms with E-state index in [1.54, 1.807) is 11.9 Å². The Morgan fingerprint density at radius 2 is 1.89 bits per heavy atom. The molecule has 0 spiro atoms. The number of carbonyl (C=O) groups is 2. The molecule has 1 atom stereocenters. The van der Waals surface area contributed by atoms with E-state index in [4.69, 9.17) is 0 Å². The molecular formula is C13H25N3O2S. The molecule has 0 heterocycles. The molecule has 1 fully saturated rings. The molecule has 0 aliphatic heterocycles. The highest BCUT2D eigenvalue weighted by Crippen LogP contribution is 2.36. The number of likely N-dealkylation sites (N-methyl/N-ethyl adjacent to an activating group) is 2. The van der Waals surface area contributed by atoms with Crippen LogP contribution in [0.3, 0.4) is 0 Å². The van der Waals surface area contributed by atoms with Gasteiger partial charge in [-0.3, -0.25) is 9.59 Å². The number of nitrogens with zero attached hydrogens (tertiary/aromatic N) is 2. The Balaban J connectivity index is 2.63. The van der Waals surface area contributed by atoms with Crippen LogP contribution in [0.2, 0.25) is 0 Å². The Labute approximate surface area is 121 Å². The molecule has 2 amide bonds. The lowest BCUT2D eigenvalue weighted by Gasteiger charge is -2.49. The minimum Gasteiger partial charge on any atom is -0.344 e. The van der Waals surface area contributed by atoms with Gasteiger partial charge < -0.3 is 15.1 Å². The number of rotatable bonds is 6. The van der Waals surface area contributed by atoms with Gasteiger partial charge in [0, 0.05) is 31.8 Å². The summed E-state index contributed by atoms with van der Waals surface area (Å²) >= 11 is 4.14. The predicted octanol–water partition coefficient (Wildman–Crippen LogP) is 0.364. The second kappa shape index (κ2) is 6.61. The maximum Gasteiger partial charge on any atom is 0.245 e. The van der Waals surface area contributed by atoms with E-state index in [0.29, 0.717) is 12.3 Å². The average Bonchev–Trinajstić information content (AvgIpc) is 2.28. The fourth-order valence-corrected chi connectivity index (χ4v) is 2.80. The molecule has 1 aliphatic carbocycles. The molecule has 1 aliphatic rings. The van der Waals surface area contributed by atoms with Crippen LogP contribution < -0.4 is 5.32 Å². The third kappa shape index (κ3) is 3.86. The summed E-state index contributed by atoms with van der Waals surface area (Å²) < 4.78 is 0. The summed E-state index contributed by atoms with van der Waals surface area (Å²) in [5, 5.41) is 2.64. The highest BCUT2D eigenvalue weighted by molar-refractivity contribution is 7.80. The summed E-state index contributed by atoms with van der Waals surface area (Å²) in [6, 6.07) is -0.537. The van der Waals surface area contributed by atoms with Crippen molar-refractivity contribution in [2.75, 3.05) is 33.4 Å². The molecule has 6 heteroatoms. The maximum atomic E-state index is 12.3. The van der Waals surface area contributed by atoms with Crippen molar-refractivity contribution in [3.8, 4) is 0 Å². The van der Waals surface area contributed by atoms with Crippen LogP contribution in [-0.2, 0) is 9.59 Å². The quantitative estimate of drug-likeness (QED) is 0.694. The van der Waals surface area contributed by atoms with Gasteiger partial charge in [-0.1, -0.05) is 0 Å². The zero-order valence-corrected chi connectivity index (χ0v) is 13.2. The summed E-state index contributed by atoms with van der Waals surface area (Å²) in [6.07, 6.45) is 3.44. The summed E-state index contributed by atoms with van der Waals surface area (Å²) in [6.45, 7) is 2.11. The van der Waals surface area contributed by atoms with Crippen LogP contribution in [0.15, 0.2) is 0 Å². The number of thiol groups is 1. The molecular weight excluding hydrogens is 262 g/mol. The van der Waals surface area contributed by atoms with Gasteiger partial charge in [0.2, 0.25) is 11.8 Å². The fraction of sp³-hybridized carbons (Fsp3) is 0.846. The normalized spacial score (nSPS) is 18.6. The van der Waals surface area contributed by atoms with Crippen molar-refractivity contribution in [1.29, 1.82) is 0 Å². The largest absolute Gasteiger partial charge is 0.344 e. The summed E-state index contributed by atoms with van der Waals surface area (Å²) in [4.78, 5) is 27.3. The molecule has 0 radical (unpaired) electrons. The Kier molecular flexibility index (Phi) is 5.67. The minimum atomic E-state index is -0.537. The standard InChI is InChI=1S/C13H25N3O2S/c1-10(17)14-11(8-19)12(18)16(4)9-13(15(2)3)6-5-7-13/h11,19H,5-9H2,1-4H3,(H,14,17). The van der Waals surface area contributed by atoms with Crippen molar-refractivity contribution in [2.24, 2.45) is 0 Å². The topological polar surface area (TPSA) is 52.7 Å². The van der Waals surface area contributed by atoms with Crippen LogP contribution in [0.25, 0.3) is 0 Å². The lowest BCUT2D eigenvalue weighted by atomic mass is 9.75. The van der Waals surface area contributed by atoms with Gasteiger partial charge in [0.25, 0.3) is 0 Å². The van der Waals surface area contributed by atoms with Crippen molar-refractivity contribution >= 4 is 24.4 Å². The predicted molar refractivity (Wildman–Crippen MR) is 79.4 cm³/mol. The second-order valence-corrected chi connectivity index (χ2v) is 5.97. The molecule has 110 valence electrons. The lowest BCUT2D eigenvalue weighted by Crippen LogP contribution is -2.59. The highest BCUT2D eigenvalue weighted by Gasteiger charge is 2.41. The van der Waals surface area contributed by atoms with Crippen molar-refractivity contribution in [2.45, 2.75) is 37.8 Å². The van der Waals surface area contributed by atoms with Crippen LogP contribution >= 0.6 is 12.6 Å². The summed E-state index contributed by atoms with van der Waals surface area (Å²) in [5.41, 5.74) is 0.0990. The van der Waals surface area contributed by atoms with Crippen LogP contribution in [0, 0.1) is 0 Å². The molecule has 0 bridgehead atoms. The van der Waals surface area contributed by atoms with Gasteiger partial charge in [-0.25, -0.2) is 0 Å². The minimum absolute atomic E-state index is 0.0710. The van der Waals surface area contributed by atoms with Gasteiger partial charge in [0.05, 0.1) is 0 Å². The summed E-state index contributed by atoms with van der Waals surface area (Å²) in [7, 11) is 5.91. The molecule has 0 aromatic heterocycles. The van der Waals surface area contributed by atoms with Gasteiger partial charge >= 0.3 is 0 Å². The zero-order chi connectivity index (χ0) is 14.6. The average molecular weight is 287 g/mol. The van der Waals surface area contributed by atoms with E-state index in [-0.39, 0.29) is 17.4 Å². The van der Waals surface area contributed by atoms with E-state index < -0.39 is 6.04 Å². The van der Waals surface area contributed by atoms with E-state index in [1.807, 2.05) is 0 Å². The van der Waals surface area contributed by atoms with Crippen LogP contribution in [-0.4, -0.2) is 66.6 Å². The molecule has 0 aromatic rings. The van der Waals surface area contributed by atoms with E-state index >= 15 is 0 Å². The SMILES string of the molecule is CC(=O)NC(CS)C(=O)N(C)CC1(N(C)C)CCC1. The second-order valence-electron chi connectivity index (χ2n) is 5.60. The Bertz CT molecular complexity index is 343. The number of amides is 2. The molecule has 0 saturated heterocycles. The van der Waals surface area contributed by atoms with Crippen molar-refractivity contribution in [1.82, 2.24) is 15.1 Å². The number of nitrogens with one attached hydrogen (secondary N) is 1. The van der Waals surface area contributed by atoms with Crippen molar-refractivity contribution < 1.29 is 9.59 Å². The molecule has 0 aromatic carbocycles. The van der Waals surface area contributed by atoms with E-state index in [2.05, 4.69) is 36.9 Å². The maximum absolute atomic E-state index is 12.3. The van der Waals surface area contributed by atoms with Gasteiger partial charge in [-0.05, 0) is 33.4 Å². The summed E-state index contributed by atoms with van der Waals surface area (Å²) in [5.74, 6) is 0.0441. The van der Waals surface area contributed by atoms with E-state index in [0.717, 1.165) is 12.8 Å². The van der Waals surface area contributed by atoms with Gasteiger partial charge in [0.15, 0.2) is 0 Å². The first-order valence-electron chi connectivity index (χ1n) is 6.63. The van der Waals surface area contributed by atoms with Crippen LogP contribution in [0.4, 0.5) is 0 Å². The smallest absolute Gasteiger partial charge is 0.245 e. The first kappa shape index (κ1) is 16.3. The number of carbonyl (C=O) groups excluding carboxylic acids is 2. The molecule has 19 heavy (non-hydrogen) atoms. The Morgan fingerprint density at radius 3 is 2.21 bits per heavy atom. The number of hydrogen-bond donors (Lipinski definition) is 2. The van der Waals surface area contributed by atoms with Crippen molar-refractivity contribution in [3.05, 3.63) is 0 Å². The van der Waals surface area contributed by atoms with Crippen LogP contribution in [0.5, 0.6) is 0 Å². The highest BCUT2D eigenvalue weighted by atomic mass is 32.1. The first-order valence-corrected chi connectivity index (χ1v) is 7.26. The number of hydrogen-bond acceptors (Lipinski definition) is 4. The zero-order valence-electron chi connectivity index (χ0n) is 12.3. The molecule has 1 rings (SSSR count). The third-order valence-corrected chi connectivity index (χ3v) is 4.36. The molecule has 5 nitrogen and oxygen atoms in total. The lowest BCUT2D eigenvalue weighted by molar-refractivity contribution is -0.136. The molecule has 1 unspecified atom stereocenters. The Hall–Kier alpha value is -0.750. The van der Waals surface area contributed by atoms with E-state index in [9.17, 15) is 9.59 Å². The van der Waals surface area contributed by atoms with E-state index in [1.165, 1.54) is 13.3 Å². The molecule has 1 N–H and O–H groups in total. The van der Waals surface area contributed by atoms with Gasteiger partial charge in [-0.15, -0.1) is 0 Å². The first-order chi connectivity index (χ1) is 8.82. The van der Waals surface area contributed by atoms with Crippen molar-refractivity contribution in [3.63, 3.8) is 0 Å². The van der Waals surface area contributed by atoms with Crippen LogP contribution in [0.1, 0.15) is 26.2 Å². The third-order valence-electron chi connectivity index (χ3n) is 4.00. The van der Waals surface area contributed by atoms with Gasteiger partial charge in [-0.2, -0.15) is 12.6 Å². The van der Waals surface area contributed by atoms with Gasteiger partial charge in [0.1, 0.15) is 6.04 Å². The fourth-order valence-electron chi connectivity index (χ4n) is 2.55. The Morgan fingerprint density at radius 1 is 1.32 bits per heavy atom.